The number of esters is 1. The fourth-order valence-corrected chi connectivity index (χ4v) is 19.2. The molecule has 0 radical (unpaired) electrons. The van der Waals surface area contributed by atoms with Gasteiger partial charge >= 0.3 is 5.97 Å². The molecule has 6 aliphatic heterocycles. The molecule has 19 N–H and O–H groups in total. The van der Waals surface area contributed by atoms with Crippen molar-refractivity contribution >= 4 is 5.97 Å². The van der Waals surface area contributed by atoms with Gasteiger partial charge in [-0.1, -0.05) is 60.1 Å². The second-order valence-electron chi connectivity index (χ2n) is 31.4. The Hall–Kier alpha value is -1.99. The second kappa shape index (κ2) is 28.5. The van der Waals surface area contributed by atoms with Crippen molar-refractivity contribution in [1.29, 1.82) is 0 Å². The topological polar surface area (TPSA) is 512 Å². The van der Waals surface area contributed by atoms with Gasteiger partial charge in [-0.2, -0.15) is 0 Å². The number of carbonyl (C=O) groups is 1. The molecule has 6 saturated heterocycles. The molecule has 6 heterocycles. The number of aliphatic hydroxyl groups is 19. The highest BCUT2D eigenvalue weighted by molar-refractivity contribution is 5.79. The number of carbonyl (C=O) groups excluding carboxylic acids is 1. The van der Waals surface area contributed by atoms with Gasteiger partial charge in [0.25, 0.3) is 0 Å². The number of ether oxygens (including phenoxy) is 12. The summed E-state index contributed by atoms with van der Waals surface area (Å²) in [5.41, 5.74) is -3.05. The minimum Gasteiger partial charge on any atom is -0.432 e. The number of allylic oxidation sites excluding steroid dienone is 2. The molecule has 0 bridgehead atoms. The van der Waals surface area contributed by atoms with E-state index in [4.69, 9.17) is 56.8 Å². The van der Waals surface area contributed by atoms with Crippen molar-refractivity contribution in [2.24, 2.45) is 50.2 Å². The maximum absolute atomic E-state index is 15.8. The van der Waals surface area contributed by atoms with Crippen LogP contribution in [0.4, 0.5) is 0 Å². The van der Waals surface area contributed by atoms with Crippen LogP contribution in [0.25, 0.3) is 0 Å². The molecule has 0 unspecified atom stereocenters. The Morgan fingerprint density at radius 3 is 1.39 bits per heavy atom. The molecule has 558 valence electrons. The van der Waals surface area contributed by atoms with Crippen molar-refractivity contribution in [2.45, 2.75) is 304 Å². The van der Waals surface area contributed by atoms with Crippen LogP contribution in [-0.4, -0.2) is 326 Å². The smallest absolute Gasteiger partial charge is 0.315 e. The minimum absolute atomic E-state index is 0.00614. The van der Waals surface area contributed by atoms with E-state index in [2.05, 4.69) is 40.7 Å². The summed E-state index contributed by atoms with van der Waals surface area (Å²) in [6, 6.07) is 0. The molecular formula is C65H106O32. The third-order valence-electron chi connectivity index (χ3n) is 25.4. The van der Waals surface area contributed by atoms with Crippen LogP contribution in [0.5, 0.6) is 0 Å². The third-order valence-corrected chi connectivity index (χ3v) is 25.4. The average Bonchev–Trinajstić information content (AvgIpc) is 0.892. The summed E-state index contributed by atoms with van der Waals surface area (Å²) in [7, 11) is 0. The predicted molar refractivity (Wildman–Crippen MR) is 322 cm³/mol. The highest BCUT2D eigenvalue weighted by Crippen LogP contribution is 2.76. The summed E-state index contributed by atoms with van der Waals surface area (Å²) < 4.78 is 73.0. The molecule has 97 heavy (non-hydrogen) atoms. The molecule has 11 aliphatic rings. The van der Waals surface area contributed by atoms with Crippen molar-refractivity contribution in [3.63, 3.8) is 0 Å². The van der Waals surface area contributed by atoms with Crippen molar-refractivity contribution in [3.8, 4) is 0 Å². The number of fused-ring (bicyclic) bond motifs is 7. The summed E-state index contributed by atoms with van der Waals surface area (Å²) >= 11 is 0. The first-order chi connectivity index (χ1) is 45.5. The Morgan fingerprint density at radius 1 is 0.443 bits per heavy atom. The van der Waals surface area contributed by atoms with Crippen LogP contribution in [0.3, 0.4) is 0 Å². The molecule has 0 amide bonds. The first kappa shape index (κ1) is 76.1. The largest absolute Gasteiger partial charge is 0.432 e. The number of hydrogen-bond donors (Lipinski definition) is 19. The Kier molecular flexibility index (Phi) is 22.4. The van der Waals surface area contributed by atoms with E-state index in [0.29, 0.717) is 32.1 Å². The second-order valence-corrected chi connectivity index (χ2v) is 31.4. The SMILES string of the molecule is C[C@@H]1O[C@@H](O[C@H]2[C@H](OC(=O)[C@@]34CC[C@]5(C)C(=CC[C@@H]6[C@@]7(C)CC[C@H](O[C@@H]8O[C@H](CO)[C@@H](O)[C@H](O)[C@H]8O[C@@H]8O[C@H](CO)[C@@H](O)[C@H](O)[C@H]8O)C(C)(C)[C@@H]7CC[C@]65C)[C@@H]3CC(C)(C)[C@@H](O)C4)O[C@H](CO)[C@@H](O)[C@@H]2O)[C@H](O)[C@H](O[C@@H]2O[C@H](CO)[C@@H](O)[C@H](O)[C@H]2O)[C@H]1O[C@@H]1O[C@@H](CO)[C@H](O)[C@H]1O. The number of aliphatic hydroxyl groups excluding tert-OH is 19. The fraction of sp³-hybridized carbons (Fsp3) is 0.954. The maximum Gasteiger partial charge on any atom is 0.315 e. The standard InChI is InChI=1S/C65H106O32/c1-24-49(93-53-45(81)40(76)31(23-70)89-53)50(94-54-46(82)41(77)36(72)27(19-66)87-54)48(84)56(86-24)96-52-44(80)39(75)30(22-69)91-58(52)97-59(85)65-16-15-63(7)25(26(65)17-60(2,3)34(71)18-65)9-10-33-62(6)13-12-35(61(4,5)32(62)11-14-64(33,63)8)92-57-51(43(79)38(74)29(21-68)90-57)95-55-47(83)42(78)37(73)28(20-67)88-55/h9,24,26-58,66-84H,10-23H2,1-8H3/t24-,26-,27+,28+,29+,30+,31-,32-,33+,34-,35-,36+,37+,38+,39+,40-,41-,42-,43-,44-,45+,46+,47+,48+,49-,50-,51+,52+,53-,54-,55-,56-,57-,58-,62-,63+,64+,65+/m0/s1. The minimum atomic E-state index is -2.13. The lowest BCUT2D eigenvalue weighted by Crippen LogP contribution is -2.68. The van der Waals surface area contributed by atoms with Crippen LogP contribution in [0.15, 0.2) is 11.6 Å². The fourth-order valence-electron chi connectivity index (χ4n) is 19.2. The highest BCUT2D eigenvalue weighted by atomic mass is 16.8. The zero-order valence-electron chi connectivity index (χ0n) is 55.9. The Morgan fingerprint density at radius 2 is 0.876 bits per heavy atom. The van der Waals surface area contributed by atoms with Gasteiger partial charge in [0, 0.05) is 0 Å². The summed E-state index contributed by atoms with van der Waals surface area (Å²) in [5.74, 6) is -1.32. The third kappa shape index (κ3) is 12.8. The van der Waals surface area contributed by atoms with Crippen LogP contribution >= 0.6 is 0 Å². The summed E-state index contributed by atoms with van der Waals surface area (Å²) in [5, 5.41) is 207. The Balaban J connectivity index is 0.848. The van der Waals surface area contributed by atoms with Crippen LogP contribution in [0, 0.1) is 50.2 Å². The average molecular weight is 1400 g/mol. The van der Waals surface area contributed by atoms with E-state index in [1.807, 2.05) is 13.8 Å². The van der Waals surface area contributed by atoms with E-state index in [1.54, 1.807) is 0 Å². The van der Waals surface area contributed by atoms with Gasteiger partial charge < -0.3 is 154 Å². The van der Waals surface area contributed by atoms with E-state index in [0.717, 1.165) is 18.4 Å². The molecule has 38 atom stereocenters. The van der Waals surface area contributed by atoms with E-state index >= 15 is 4.79 Å². The zero-order valence-corrected chi connectivity index (χ0v) is 55.9. The van der Waals surface area contributed by atoms with Gasteiger partial charge in [0.05, 0.1) is 56.8 Å². The molecule has 0 aromatic rings. The molecule has 0 aromatic heterocycles. The van der Waals surface area contributed by atoms with E-state index in [-0.39, 0.29) is 30.1 Å². The van der Waals surface area contributed by atoms with Gasteiger partial charge in [0.1, 0.15) is 128 Å². The normalized spacial score (nSPS) is 54.4. The van der Waals surface area contributed by atoms with Gasteiger partial charge in [0.15, 0.2) is 37.6 Å². The number of rotatable bonds is 17. The van der Waals surface area contributed by atoms with Gasteiger partial charge in [-0.15, -0.1) is 0 Å². The molecule has 10 fully saturated rings. The van der Waals surface area contributed by atoms with Crippen LogP contribution in [-0.2, 0) is 61.6 Å². The van der Waals surface area contributed by atoms with Crippen molar-refractivity contribution < 1.29 is 159 Å². The lowest BCUT2D eigenvalue weighted by molar-refractivity contribution is -0.390. The molecular weight excluding hydrogens is 1290 g/mol. The van der Waals surface area contributed by atoms with Crippen LogP contribution in [0.1, 0.15) is 113 Å². The van der Waals surface area contributed by atoms with Crippen molar-refractivity contribution in [1.82, 2.24) is 0 Å². The van der Waals surface area contributed by atoms with Gasteiger partial charge in [-0.3, -0.25) is 4.79 Å². The first-order valence-corrected chi connectivity index (χ1v) is 34.2. The van der Waals surface area contributed by atoms with Crippen LogP contribution in [0.2, 0.25) is 0 Å². The zero-order chi connectivity index (χ0) is 70.9. The van der Waals surface area contributed by atoms with Gasteiger partial charge in [-0.25, -0.2) is 0 Å². The van der Waals surface area contributed by atoms with Gasteiger partial charge in [-0.05, 0) is 110 Å². The maximum atomic E-state index is 15.8. The van der Waals surface area contributed by atoms with Crippen molar-refractivity contribution in [2.75, 3.05) is 33.0 Å². The molecule has 4 saturated carbocycles. The van der Waals surface area contributed by atoms with E-state index in [9.17, 15) is 97.0 Å². The first-order valence-electron chi connectivity index (χ1n) is 34.2. The van der Waals surface area contributed by atoms with Gasteiger partial charge in [0.2, 0.25) is 6.29 Å². The molecule has 11 rings (SSSR count). The molecule has 5 aliphatic carbocycles. The summed E-state index contributed by atoms with van der Waals surface area (Å²) in [6.45, 7) is 12.4. The Labute approximate surface area is 561 Å². The summed E-state index contributed by atoms with van der Waals surface area (Å²) in [6.07, 6.45) is -45.4. The lowest BCUT2D eigenvalue weighted by Gasteiger charge is -2.71. The quantitative estimate of drug-likeness (QED) is 0.0366. The molecule has 32 heteroatoms. The molecule has 32 nitrogen and oxygen atoms in total. The van der Waals surface area contributed by atoms with E-state index < -0.39 is 262 Å². The van der Waals surface area contributed by atoms with E-state index in [1.165, 1.54) is 6.92 Å². The summed E-state index contributed by atoms with van der Waals surface area (Å²) in [4.78, 5) is 15.8. The highest BCUT2D eigenvalue weighted by Gasteiger charge is 2.71. The number of hydrogen-bond acceptors (Lipinski definition) is 32. The lowest BCUT2D eigenvalue weighted by atomic mass is 9.33. The van der Waals surface area contributed by atoms with Crippen molar-refractivity contribution in [3.05, 3.63) is 11.6 Å². The molecule has 0 spiro atoms. The Bertz CT molecular complexity index is 2730. The van der Waals surface area contributed by atoms with Crippen LogP contribution < -0.4 is 0 Å². The predicted octanol–water partition coefficient (Wildman–Crippen LogP) is -5.75. The molecule has 0 aromatic carbocycles. The monoisotopic (exact) mass is 1400 g/mol.